The lowest BCUT2D eigenvalue weighted by Gasteiger charge is -2.18. The third kappa shape index (κ3) is 4.07. The summed E-state index contributed by atoms with van der Waals surface area (Å²) in [5.74, 6) is 0.347. The van der Waals surface area contributed by atoms with Crippen molar-refractivity contribution in [2.24, 2.45) is 13.0 Å². The Hall–Kier alpha value is -2.63. The van der Waals surface area contributed by atoms with Crippen LogP contribution in [0.3, 0.4) is 0 Å². The van der Waals surface area contributed by atoms with Crippen molar-refractivity contribution in [3.63, 3.8) is 0 Å². The number of amides is 1. The normalized spacial score (nSPS) is 16.9. The number of nitrogens with one attached hydrogen (secondary N) is 1. The zero-order chi connectivity index (χ0) is 17.8. The maximum Gasteiger partial charge on any atom is 0.268 e. The lowest BCUT2D eigenvalue weighted by Crippen LogP contribution is -2.31. The van der Waals surface area contributed by atoms with Crippen LogP contribution in [0.25, 0.3) is 0 Å². The highest BCUT2D eigenvalue weighted by molar-refractivity contribution is 5.94. The van der Waals surface area contributed by atoms with Crippen molar-refractivity contribution in [3.8, 4) is 0 Å². The number of rotatable bonds is 5. The van der Waals surface area contributed by atoms with Crippen molar-refractivity contribution in [2.75, 3.05) is 24.5 Å². The third-order valence-electron chi connectivity index (χ3n) is 4.78. The van der Waals surface area contributed by atoms with Crippen LogP contribution in [0.2, 0.25) is 0 Å². The summed E-state index contributed by atoms with van der Waals surface area (Å²) < 4.78 is 1.32. The molecule has 1 aliphatic rings. The lowest BCUT2D eigenvalue weighted by atomic mass is 10.1. The first kappa shape index (κ1) is 17.2. The van der Waals surface area contributed by atoms with E-state index in [9.17, 15) is 9.59 Å². The van der Waals surface area contributed by atoms with Crippen molar-refractivity contribution in [1.82, 2.24) is 15.1 Å². The van der Waals surface area contributed by atoms with Crippen molar-refractivity contribution in [3.05, 3.63) is 58.0 Å². The zero-order valence-corrected chi connectivity index (χ0v) is 14.7. The van der Waals surface area contributed by atoms with Crippen molar-refractivity contribution in [1.29, 1.82) is 0 Å². The molecule has 132 valence electrons. The highest BCUT2D eigenvalue weighted by Gasteiger charge is 2.23. The molecular weight excluding hydrogens is 316 g/mol. The van der Waals surface area contributed by atoms with Crippen LogP contribution in [-0.4, -0.2) is 35.3 Å². The van der Waals surface area contributed by atoms with Crippen molar-refractivity contribution >= 4 is 11.6 Å². The van der Waals surface area contributed by atoms with E-state index < -0.39 is 0 Å². The van der Waals surface area contributed by atoms with Gasteiger partial charge < -0.3 is 10.2 Å². The Labute approximate surface area is 147 Å². The number of aryl methyl sites for hydroxylation is 2. The number of nitrogens with zero attached hydrogens (tertiary/aromatic N) is 3. The minimum atomic E-state index is -0.107. The van der Waals surface area contributed by atoms with Crippen LogP contribution in [0.5, 0.6) is 0 Å². The van der Waals surface area contributed by atoms with Gasteiger partial charge in [0.25, 0.3) is 11.5 Å². The first-order chi connectivity index (χ1) is 12.1. The number of aromatic nitrogens is 2. The second-order valence-electron chi connectivity index (χ2n) is 6.54. The van der Waals surface area contributed by atoms with Gasteiger partial charge in [-0.15, -0.1) is 0 Å². The van der Waals surface area contributed by atoms with Gasteiger partial charge in [0, 0.05) is 38.3 Å². The monoisotopic (exact) mass is 340 g/mol. The predicted octanol–water partition coefficient (Wildman–Crippen LogP) is 1.60. The fourth-order valence-corrected chi connectivity index (χ4v) is 3.10. The first-order valence-corrected chi connectivity index (χ1v) is 8.72. The fourth-order valence-electron chi connectivity index (χ4n) is 3.10. The number of carbonyl (C=O) groups excluding carboxylic acids is 1. The van der Waals surface area contributed by atoms with E-state index in [1.54, 1.807) is 19.3 Å². The lowest BCUT2D eigenvalue weighted by molar-refractivity contribution is 0.0948. The molecule has 3 rings (SSSR count). The Bertz CT molecular complexity index is 798. The van der Waals surface area contributed by atoms with E-state index in [0.717, 1.165) is 31.6 Å². The minimum absolute atomic E-state index is 0.0312. The van der Waals surface area contributed by atoms with Gasteiger partial charge in [0.05, 0.1) is 11.9 Å². The van der Waals surface area contributed by atoms with Crippen LogP contribution in [0, 0.1) is 5.92 Å². The summed E-state index contributed by atoms with van der Waals surface area (Å²) in [6.45, 7) is 4.44. The third-order valence-corrected chi connectivity index (χ3v) is 4.78. The van der Waals surface area contributed by atoms with E-state index in [1.165, 1.54) is 10.2 Å². The molecule has 6 heteroatoms. The Morgan fingerprint density at radius 2 is 2.08 bits per heavy atom. The molecule has 2 aromatic rings. The van der Waals surface area contributed by atoms with Crippen molar-refractivity contribution < 1.29 is 4.79 Å². The summed E-state index contributed by atoms with van der Waals surface area (Å²) >= 11 is 0. The average Bonchev–Trinajstić information content (AvgIpc) is 3.11. The maximum atomic E-state index is 12.3. The Morgan fingerprint density at radius 3 is 2.76 bits per heavy atom. The largest absolute Gasteiger partial charge is 0.370 e. The van der Waals surface area contributed by atoms with Gasteiger partial charge in [-0.2, -0.15) is 5.10 Å². The Morgan fingerprint density at radius 1 is 1.32 bits per heavy atom. The summed E-state index contributed by atoms with van der Waals surface area (Å²) in [6.07, 6.45) is 3.68. The van der Waals surface area contributed by atoms with Crippen LogP contribution in [0.4, 0.5) is 5.69 Å². The van der Waals surface area contributed by atoms with Gasteiger partial charge in [0.2, 0.25) is 0 Å². The molecule has 0 spiro atoms. The molecule has 25 heavy (non-hydrogen) atoms. The van der Waals surface area contributed by atoms with Crippen LogP contribution in [-0.2, 0) is 13.5 Å². The topological polar surface area (TPSA) is 67.2 Å². The molecule has 1 atom stereocenters. The minimum Gasteiger partial charge on any atom is -0.370 e. The summed E-state index contributed by atoms with van der Waals surface area (Å²) in [5, 5.41) is 7.09. The number of benzene rings is 1. The molecular formula is C19H24N4O2. The maximum absolute atomic E-state index is 12.3. The van der Waals surface area contributed by atoms with Crippen LogP contribution >= 0.6 is 0 Å². The molecule has 1 aromatic heterocycles. The average molecular weight is 340 g/mol. The molecule has 0 saturated carbocycles. The highest BCUT2D eigenvalue weighted by Crippen LogP contribution is 2.21. The fraction of sp³-hybridized carbons (Fsp3) is 0.421. The van der Waals surface area contributed by atoms with E-state index in [0.29, 0.717) is 18.0 Å². The van der Waals surface area contributed by atoms with E-state index >= 15 is 0 Å². The van der Waals surface area contributed by atoms with Gasteiger partial charge in [0.15, 0.2) is 0 Å². The summed E-state index contributed by atoms with van der Waals surface area (Å²) in [5.41, 5.74) is 2.67. The van der Waals surface area contributed by atoms with Crippen molar-refractivity contribution in [2.45, 2.75) is 19.8 Å². The van der Waals surface area contributed by atoms with Crippen LogP contribution < -0.4 is 15.8 Å². The number of hydrogen-bond donors (Lipinski definition) is 1. The van der Waals surface area contributed by atoms with E-state index in [-0.39, 0.29) is 11.5 Å². The molecule has 0 bridgehead atoms. The van der Waals surface area contributed by atoms with Gasteiger partial charge in [-0.1, -0.05) is 19.1 Å². The number of anilines is 1. The molecule has 1 N–H and O–H groups in total. The Kier molecular flexibility index (Phi) is 5.16. The standard InChI is InChI=1S/C19H24N4O2/c1-3-14-4-6-16(7-5-14)19(25)20-11-15-8-9-23(13-15)17-10-18(24)22(2)21-12-17/h4-7,10,12,15H,3,8-9,11,13H2,1-2H3,(H,20,25)/t15-/m0/s1. The van der Waals surface area contributed by atoms with Gasteiger partial charge >= 0.3 is 0 Å². The SMILES string of the molecule is CCc1ccc(C(=O)NC[C@@H]2CCN(c3cnn(C)c(=O)c3)C2)cc1. The van der Waals surface area contributed by atoms with E-state index in [1.807, 2.05) is 24.3 Å². The molecule has 1 amide bonds. The summed E-state index contributed by atoms with van der Waals surface area (Å²) in [7, 11) is 1.64. The molecule has 1 aromatic carbocycles. The predicted molar refractivity (Wildman–Crippen MR) is 98.0 cm³/mol. The van der Waals surface area contributed by atoms with Gasteiger partial charge in [-0.3, -0.25) is 9.59 Å². The van der Waals surface area contributed by atoms with Gasteiger partial charge in [0.1, 0.15) is 0 Å². The summed E-state index contributed by atoms with van der Waals surface area (Å²) in [6, 6.07) is 9.36. The molecule has 1 saturated heterocycles. The molecule has 0 unspecified atom stereocenters. The number of hydrogen-bond acceptors (Lipinski definition) is 4. The smallest absolute Gasteiger partial charge is 0.268 e. The molecule has 1 fully saturated rings. The van der Waals surface area contributed by atoms with E-state index in [2.05, 4.69) is 22.2 Å². The molecule has 2 heterocycles. The van der Waals surface area contributed by atoms with Crippen LogP contribution in [0.1, 0.15) is 29.3 Å². The Balaban J connectivity index is 1.53. The zero-order valence-electron chi connectivity index (χ0n) is 14.7. The van der Waals surface area contributed by atoms with Gasteiger partial charge in [-0.05, 0) is 36.5 Å². The second-order valence-corrected chi connectivity index (χ2v) is 6.54. The van der Waals surface area contributed by atoms with E-state index in [4.69, 9.17) is 0 Å². The number of carbonyl (C=O) groups is 1. The van der Waals surface area contributed by atoms with Gasteiger partial charge in [-0.25, -0.2) is 4.68 Å². The highest BCUT2D eigenvalue weighted by atomic mass is 16.1. The first-order valence-electron chi connectivity index (χ1n) is 8.72. The van der Waals surface area contributed by atoms with Crippen LogP contribution in [0.15, 0.2) is 41.3 Å². The molecule has 0 radical (unpaired) electrons. The summed E-state index contributed by atoms with van der Waals surface area (Å²) in [4.78, 5) is 26.1. The molecule has 0 aliphatic carbocycles. The quantitative estimate of drug-likeness (QED) is 0.898. The second kappa shape index (κ2) is 7.51. The molecule has 1 aliphatic heterocycles. The molecule has 6 nitrogen and oxygen atoms in total.